The summed E-state index contributed by atoms with van der Waals surface area (Å²) < 4.78 is 0. The molecule has 112 valence electrons. The van der Waals surface area contributed by atoms with Crippen LogP contribution in [0.5, 0.6) is 0 Å². The minimum atomic E-state index is 0.460. The van der Waals surface area contributed by atoms with Crippen molar-refractivity contribution in [1.29, 1.82) is 0 Å². The van der Waals surface area contributed by atoms with Crippen molar-refractivity contribution < 1.29 is 0 Å². The van der Waals surface area contributed by atoms with Crippen molar-refractivity contribution in [3.63, 3.8) is 0 Å². The molecule has 1 nitrogen and oxygen atoms in total. The Labute approximate surface area is 141 Å². The molecule has 0 fully saturated rings. The van der Waals surface area contributed by atoms with Gasteiger partial charge < -0.3 is 5.32 Å². The SMILES string of the molecule is CC(C)NCc1ccc(Cl)cc1SCc1ccccc1Cl. The van der Waals surface area contributed by atoms with E-state index in [1.54, 1.807) is 11.8 Å². The monoisotopic (exact) mass is 339 g/mol. The van der Waals surface area contributed by atoms with Crippen LogP contribution < -0.4 is 5.32 Å². The summed E-state index contributed by atoms with van der Waals surface area (Å²) in [5.41, 5.74) is 2.41. The first-order valence-electron chi connectivity index (χ1n) is 6.94. The molecule has 0 aliphatic heterocycles. The minimum absolute atomic E-state index is 0.460. The number of hydrogen-bond donors (Lipinski definition) is 1. The number of hydrogen-bond acceptors (Lipinski definition) is 2. The maximum absolute atomic E-state index is 6.21. The van der Waals surface area contributed by atoms with Crippen molar-refractivity contribution in [2.24, 2.45) is 0 Å². The van der Waals surface area contributed by atoms with Gasteiger partial charge in [-0.2, -0.15) is 0 Å². The molecule has 0 unspecified atom stereocenters. The second-order valence-corrected chi connectivity index (χ2v) is 7.03. The van der Waals surface area contributed by atoms with Gasteiger partial charge in [-0.05, 0) is 29.3 Å². The Morgan fingerprint density at radius 3 is 2.52 bits per heavy atom. The topological polar surface area (TPSA) is 12.0 Å². The summed E-state index contributed by atoms with van der Waals surface area (Å²) in [5.74, 6) is 0.842. The van der Waals surface area contributed by atoms with Gasteiger partial charge in [0.1, 0.15) is 0 Å². The standard InChI is InChI=1S/C17H19Cl2NS/c1-12(2)20-10-13-7-8-15(18)9-17(13)21-11-14-5-3-4-6-16(14)19/h3-9,12,20H,10-11H2,1-2H3. The molecule has 2 aromatic rings. The quantitative estimate of drug-likeness (QED) is 0.669. The number of thioether (sulfide) groups is 1. The Balaban J connectivity index is 2.11. The van der Waals surface area contributed by atoms with Crippen molar-refractivity contribution in [2.45, 2.75) is 37.1 Å². The summed E-state index contributed by atoms with van der Waals surface area (Å²) in [6.45, 7) is 5.14. The summed E-state index contributed by atoms with van der Waals surface area (Å²) in [5, 5.41) is 5.03. The van der Waals surface area contributed by atoms with Gasteiger partial charge in [0.2, 0.25) is 0 Å². The molecule has 2 aromatic carbocycles. The summed E-state index contributed by atoms with van der Waals surface area (Å²) in [6, 6.07) is 14.5. The van der Waals surface area contributed by atoms with E-state index in [0.29, 0.717) is 6.04 Å². The van der Waals surface area contributed by atoms with Gasteiger partial charge in [0.15, 0.2) is 0 Å². The second-order valence-electron chi connectivity index (χ2n) is 5.17. The van der Waals surface area contributed by atoms with Gasteiger partial charge in [0.05, 0.1) is 0 Å². The van der Waals surface area contributed by atoms with Gasteiger partial charge in [-0.25, -0.2) is 0 Å². The number of rotatable bonds is 6. The van der Waals surface area contributed by atoms with Gasteiger partial charge in [-0.1, -0.05) is 61.3 Å². The zero-order chi connectivity index (χ0) is 15.2. The molecule has 0 heterocycles. The molecule has 1 N–H and O–H groups in total. The summed E-state index contributed by atoms with van der Waals surface area (Å²) in [6.07, 6.45) is 0. The molecule has 0 aromatic heterocycles. The Kier molecular flexibility index (Phi) is 6.43. The van der Waals surface area contributed by atoms with E-state index in [9.17, 15) is 0 Å². The smallest absolute Gasteiger partial charge is 0.0446 e. The van der Waals surface area contributed by atoms with Crippen LogP contribution in [-0.4, -0.2) is 6.04 Å². The van der Waals surface area contributed by atoms with Crippen molar-refractivity contribution >= 4 is 35.0 Å². The molecule has 0 aliphatic carbocycles. The van der Waals surface area contributed by atoms with E-state index in [2.05, 4.69) is 31.3 Å². The maximum Gasteiger partial charge on any atom is 0.0446 e. The Morgan fingerprint density at radius 1 is 1.05 bits per heavy atom. The van der Waals surface area contributed by atoms with E-state index in [4.69, 9.17) is 23.2 Å². The molecule has 4 heteroatoms. The fraction of sp³-hybridized carbons (Fsp3) is 0.294. The van der Waals surface area contributed by atoms with Crippen LogP contribution in [0.15, 0.2) is 47.4 Å². The van der Waals surface area contributed by atoms with Gasteiger partial charge in [0, 0.05) is 33.3 Å². The molecule has 0 amide bonds. The van der Waals surface area contributed by atoms with Crippen LogP contribution in [0.3, 0.4) is 0 Å². The number of benzene rings is 2. The predicted octanol–water partition coefficient (Wildman–Crippen LogP) is 5.78. The van der Waals surface area contributed by atoms with Crippen LogP contribution in [0, 0.1) is 0 Å². The van der Waals surface area contributed by atoms with Crippen molar-refractivity contribution in [3.05, 3.63) is 63.6 Å². The fourth-order valence-corrected chi connectivity index (χ4v) is 3.51. The summed E-state index contributed by atoms with van der Waals surface area (Å²) in [7, 11) is 0. The average Bonchev–Trinajstić information content (AvgIpc) is 2.45. The second kappa shape index (κ2) is 8.09. The predicted molar refractivity (Wildman–Crippen MR) is 94.4 cm³/mol. The average molecular weight is 340 g/mol. The van der Waals surface area contributed by atoms with E-state index in [1.165, 1.54) is 10.5 Å². The molecule has 0 atom stereocenters. The van der Waals surface area contributed by atoms with Gasteiger partial charge >= 0.3 is 0 Å². The molecule has 0 aliphatic rings. The zero-order valence-electron chi connectivity index (χ0n) is 12.2. The molecule has 0 radical (unpaired) electrons. The van der Waals surface area contributed by atoms with E-state index >= 15 is 0 Å². The lowest BCUT2D eigenvalue weighted by Gasteiger charge is -2.13. The van der Waals surface area contributed by atoms with Gasteiger partial charge in [-0.15, -0.1) is 11.8 Å². The molecule has 0 saturated carbocycles. The van der Waals surface area contributed by atoms with Crippen LogP contribution >= 0.6 is 35.0 Å². The van der Waals surface area contributed by atoms with Crippen LogP contribution in [0.2, 0.25) is 10.0 Å². The molecule has 21 heavy (non-hydrogen) atoms. The zero-order valence-corrected chi connectivity index (χ0v) is 14.5. The van der Waals surface area contributed by atoms with Crippen LogP contribution in [-0.2, 0) is 12.3 Å². The third kappa shape index (κ3) is 5.23. The molecule has 0 saturated heterocycles. The van der Waals surface area contributed by atoms with Crippen LogP contribution in [0.4, 0.5) is 0 Å². The minimum Gasteiger partial charge on any atom is -0.310 e. The Hall–Kier alpha value is -0.670. The highest BCUT2D eigenvalue weighted by atomic mass is 35.5. The lowest BCUT2D eigenvalue weighted by molar-refractivity contribution is 0.585. The lowest BCUT2D eigenvalue weighted by atomic mass is 10.2. The first-order valence-corrected chi connectivity index (χ1v) is 8.68. The third-order valence-corrected chi connectivity index (χ3v) is 4.82. The molecule has 0 bridgehead atoms. The van der Waals surface area contributed by atoms with Gasteiger partial charge in [0.25, 0.3) is 0 Å². The molecule has 2 rings (SSSR count). The highest BCUT2D eigenvalue weighted by molar-refractivity contribution is 7.98. The van der Waals surface area contributed by atoms with E-state index in [-0.39, 0.29) is 0 Å². The first kappa shape index (κ1) is 16.7. The van der Waals surface area contributed by atoms with Crippen molar-refractivity contribution in [3.8, 4) is 0 Å². The van der Waals surface area contributed by atoms with Gasteiger partial charge in [-0.3, -0.25) is 0 Å². The summed E-state index contributed by atoms with van der Waals surface area (Å²) in [4.78, 5) is 1.20. The molecular formula is C17H19Cl2NS. The van der Waals surface area contributed by atoms with E-state index < -0.39 is 0 Å². The first-order chi connectivity index (χ1) is 10.1. The largest absolute Gasteiger partial charge is 0.310 e. The van der Waals surface area contributed by atoms with Crippen LogP contribution in [0.1, 0.15) is 25.0 Å². The maximum atomic E-state index is 6.21. The summed E-state index contributed by atoms with van der Waals surface area (Å²) >= 11 is 14.1. The highest BCUT2D eigenvalue weighted by Gasteiger charge is 2.07. The van der Waals surface area contributed by atoms with Crippen LogP contribution in [0.25, 0.3) is 0 Å². The molecule has 0 spiro atoms. The Bertz CT molecular complexity index is 599. The third-order valence-electron chi connectivity index (χ3n) is 3.07. The molecular weight excluding hydrogens is 321 g/mol. The normalized spacial score (nSPS) is 11.1. The number of halogens is 2. The van der Waals surface area contributed by atoms with Crippen molar-refractivity contribution in [1.82, 2.24) is 5.32 Å². The highest BCUT2D eigenvalue weighted by Crippen LogP contribution is 2.31. The van der Waals surface area contributed by atoms with E-state index in [0.717, 1.165) is 27.9 Å². The van der Waals surface area contributed by atoms with E-state index in [1.807, 2.05) is 30.3 Å². The Morgan fingerprint density at radius 2 is 1.81 bits per heavy atom. The lowest BCUT2D eigenvalue weighted by Crippen LogP contribution is -2.22. The fourth-order valence-electron chi connectivity index (χ4n) is 1.89. The number of nitrogens with one attached hydrogen (secondary N) is 1. The van der Waals surface area contributed by atoms with Crippen molar-refractivity contribution in [2.75, 3.05) is 0 Å².